The first-order valence-corrected chi connectivity index (χ1v) is 5.03. The van der Waals surface area contributed by atoms with Crippen molar-refractivity contribution in [2.24, 2.45) is 0 Å². The maximum absolute atomic E-state index is 5.09. The van der Waals surface area contributed by atoms with E-state index in [4.69, 9.17) is 4.52 Å². The molecule has 0 atom stereocenters. The number of hydrogen-bond donors (Lipinski definition) is 1. The first-order valence-electron chi connectivity index (χ1n) is 5.03. The van der Waals surface area contributed by atoms with Crippen molar-refractivity contribution in [1.82, 2.24) is 20.4 Å². The average molecular weight is 196 g/mol. The summed E-state index contributed by atoms with van der Waals surface area (Å²) in [7, 11) is 0. The Hall–Kier alpha value is -0.940. The first kappa shape index (κ1) is 9.61. The SMILES string of the molecule is CCN(Cc1nc(C)no1)C1CNC1. The zero-order valence-corrected chi connectivity index (χ0v) is 8.66. The van der Waals surface area contributed by atoms with Crippen LogP contribution in [0.25, 0.3) is 0 Å². The number of aromatic nitrogens is 2. The van der Waals surface area contributed by atoms with E-state index in [-0.39, 0.29) is 0 Å². The highest BCUT2D eigenvalue weighted by molar-refractivity contribution is 4.88. The Morgan fingerprint density at radius 3 is 2.79 bits per heavy atom. The van der Waals surface area contributed by atoms with Crippen LogP contribution in [-0.2, 0) is 6.54 Å². The number of nitrogens with one attached hydrogen (secondary N) is 1. The van der Waals surface area contributed by atoms with Gasteiger partial charge in [0.15, 0.2) is 5.82 Å². The summed E-state index contributed by atoms with van der Waals surface area (Å²) >= 11 is 0. The summed E-state index contributed by atoms with van der Waals surface area (Å²) in [5.74, 6) is 1.43. The van der Waals surface area contributed by atoms with Crippen molar-refractivity contribution in [3.8, 4) is 0 Å². The molecule has 0 bridgehead atoms. The van der Waals surface area contributed by atoms with Gasteiger partial charge in [0.25, 0.3) is 0 Å². The molecule has 0 amide bonds. The topological polar surface area (TPSA) is 54.2 Å². The lowest BCUT2D eigenvalue weighted by molar-refractivity contribution is 0.129. The fourth-order valence-corrected chi connectivity index (χ4v) is 1.61. The minimum absolute atomic E-state index is 0.632. The second kappa shape index (κ2) is 4.06. The molecule has 5 nitrogen and oxygen atoms in total. The van der Waals surface area contributed by atoms with Gasteiger partial charge >= 0.3 is 0 Å². The van der Waals surface area contributed by atoms with E-state index in [9.17, 15) is 0 Å². The number of hydrogen-bond acceptors (Lipinski definition) is 5. The standard InChI is InChI=1S/C9H16N4O/c1-3-13(8-4-10-5-8)6-9-11-7(2)12-14-9/h8,10H,3-6H2,1-2H3. The van der Waals surface area contributed by atoms with Gasteiger partial charge in [-0.1, -0.05) is 12.1 Å². The van der Waals surface area contributed by atoms with Crippen LogP contribution in [0.2, 0.25) is 0 Å². The quantitative estimate of drug-likeness (QED) is 0.744. The fraction of sp³-hybridized carbons (Fsp3) is 0.778. The molecule has 0 saturated carbocycles. The van der Waals surface area contributed by atoms with Gasteiger partial charge in [-0.05, 0) is 13.5 Å². The lowest BCUT2D eigenvalue weighted by atomic mass is 10.1. The van der Waals surface area contributed by atoms with E-state index < -0.39 is 0 Å². The Morgan fingerprint density at radius 2 is 2.36 bits per heavy atom. The van der Waals surface area contributed by atoms with Crippen molar-refractivity contribution < 1.29 is 4.52 Å². The average Bonchev–Trinajstić information content (AvgIpc) is 2.47. The third-order valence-electron chi connectivity index (χ3n) is 2.59. The molecule has 1 aliphatic rings. The van der Waals surface area contributed by atoms with Gasteiger partial charge in [-0.25, -0.2) is 0 Å². The number of aryl methyl sites for hydroxylation is 1. The maximum atomic E-state index is 5.09. The molecule has 0 unspecified atom stereocenters. The smallest absolute Gasteiger partial charge is 0.240 e. The lowest BCUT2D eigenvalue weighted by Crippen LogP contribution is -2.56. The molecule has 14 heavy (non-hydrogen) atoms. The predicted octanol–water partition coefficient (Wildman–Crippen LogP) is 0.172. The summed E-state index contributed by atoms with van der Waals surface area (Å²) in [6.07, 6.45) is 0. The van der Waals surface area contributed by atoms with Crippen molar-refractivity contribution in [1.29, 1.82) is 0 Å². The molecule has 1 fully saturated rings. The number of rotatable bonds is 4. The maximum Gasteiger partial charge on any atom is 0.240 e. The van der Waals surface area contributed by atoms with Crippen molar-refractivity contribution in [3.63, 3.8) is 0 Å². The predicted molar refractivity (Wildman–Crippen MR) is 51.8 cm³/mol. The van der Waals surface area contributed by atoms with Gasteiger partial charge in [-0.3, -0.25) is 4.90 Å². The number of likely N-dealkylation sites (N-methyl/N-ethyl adjacent to an activating group) is 1. The van der Waals surface area contributed by atoms with Crippen LogP contribution in [-0.4, -0.2) is 40.7 Å². The molecule has 2 heterocycles. The van der Waals surface area contributed by atoms with E-state index in [0.29, 0.717) is 11.9 Å². The molecular formula is C9H16N4O. The Morgan fingerprint density at radius 1 is 1.57 bits per heavy atom. The van der Waals surface area contributed by atoms with E-state index >= 15 is 0 Å². The summed E-state index contributed by atoms with van der Waals surface area (Å²) in [5.41, 5.74) is 0. The molecule has 2 rings (SSSR count). The van der Waals surface area contributed by atoms with Crippen LogP contribution in [0.5, 0.6) is 0 Å². The first-order chi connectivity index (χ1) is 6.79. The van der Waals surface area contributed by atoms with Gasteiger partial charge in [0.2, 0.25) is 5.89 Å². The lowest BCUT2D eigenvalue weighted by Gasteiger charge is -2.36. The third kappa shape index (κ3) is 1.93. The van der Waals surface area contributed by atoms with Crippen LogP contribution in [0.15, 0.2) is 4.52 Å². The van der Waals surface area contributed by atoms with Gasteiger partial charge < -0.3 is 9.84 Å². The van der Waals surface area contributed by atoms with Crippen LogP contribution < -0.4 is 5.32 Å². The molecule has 1 N–H and O–H groups in total. The van der Waals surface area contributed by atoms with E-state index in [1.165, 1.54) is 0 Å². The van der Waals surface area contributed by atoms with Gasteiger partial charge in [0, 0.05) is 19.1 Å². The molecule has 0 radical (unpaired) electrons. The molecular weight excluding hydrogens is 180 g/mol. The van der Waals surface area contributed by atoms with Crippen LogP contribution >= 0.6 is 0 Å². The highest BCUT2D eigenvalue weighted by atomic mass is 16.5. The van der Waals surface area contributed by atoms with E-state index in [0.717, 1.165) is 32.1 Å². The Balaban J connectivity index is 1.93. The zero-order valence-electron chi connectivity index (χ0n) is 8.66. The summed E-state index contributed by atoms with van der Waals surface area (Å²) in [4.78, 5) is 6.55. The van der Waals surface area contributed by atoms with Crippen molar-refractivity contribution in [3.05, 3.63) is 11.7 Å². The Kier molecular flexibility index (Phi) is 2.79. The van der Waals surface area contributed by atoms with Gasteiger partial charge in [0.05, 0.1) is 6.54 Å². The van der Waals surface area contributed by atoms with Crippen molar-refractivity contribution in [2.75, 3.05) is 19.6 Å². The monoisotopic (exact) mass is 196 g/mol. The van der Waals surface area contributed by atoms with Gasteiger partial charge in [-0.15, -0.1) is 0 Å². The van der Waals surface area contributed by atoms with Gasteiger partial charge in [0.1, 0.15) is 0 Å². The molecule has 78 valence electrons. The molecule has 0 spiro atoms. The van der Waals surface area contributed by atoms with Crippen molar-refractivity contribution >= 4 is 0 Å². The summed E-state index contributed by atoms with van der Waals surface area (Å²) in [5, 5.41) is 7.04. The van der Waals surface area contributed by atoms with E-state index in [1.807, 2.05) is 6.92 Å². The molecule has 0 aliphatic carbocycles. The summed E-state index contributed by atoms with van der Waals surface area (Å²) < 4.78 is 5.09. The Labute approximate surface area is 83.5 Å². The number of nitrogens with zero attached hydrogens (tertiary/aromatic N) is 3. The second-order valence-corrected chi connectivity index (χ2v) is 3.61. The zero-order chi connectivity index (χ0) is 9.97. The normalized spacial score (nSPS) is 17.4. The van der Waals surface area contributed by atoms with Gasteiger partial charge in [-0.2, -0.15) is 4.98 Å². The molecule has 0 aromatic carbocycles. The van der Waals surface area contributed by atoms with E-state index in [1.54, 1.807) is 0 Å². The third-order valence-corrected chi connectivity index (χ3v) is 2.59. The van der Waals surface area contributed by atoms with E-state index in [2.05, 4.69) is 27.3 Å². The van der Waals surface area contributed by atoms with Crippen LogP contribution in [0.1, 0.15) is 18.6 Å². The highest BCUT2D eigenvalue weighted by Gasteiger charge is 2.24. The molecule has 1 saturated heterocycles. The molecule has 1 aliphatic heterocycles. The van der Waals surface area contributed by atoms with Crippen LogP contribution in [0, 0.1) is 6.92 Å². The summed E-state index contributed by atoms with van der Waals surface area (Å²) in [6.45, 7) is 7.93. The van der Waals surface area contributed by atoms with Crippen molar-refractivity contribution in [2.45, 2.75) is 26.4 Å². The largest absolute Gasteiger partial charge is 0.338 e. The fourth-order valence-electron chi connectivity index (χ4n) is 1.61. The minimum atomic E-state index is 0.632. The van der Waals surface area contributed by atoms with Crippen LogP contribution in [0.3, 0.4) is 0 Å². The molecule has 1 aromatic heterocycles. The summed E-state index contributed by atoms with van der Waals surface area (Å²) in [6, 6.07) is 0.632. The molecule has 5 heteroatoms. The second-order valence-electron chi connectivity index (χ2n) is 3.61. The molecule has 1 aromatic rings. The highest BCUT2D eigenvalue weighted by Crippen LogP contribution is 2.09. The minimum Gasteiger partial charge on any atom is -0.338 e. The van der Waals surface area contributed by atoms with Crippen LogP contribution in [0.4, 0.5) is 0 Å². The Bertz CT molecular complexity index is 295.